The van der Waals surface area contributed by atoms with Gasteiger partial charge in [0.05, 0.1) is 0 Å². The Labute approximate surface area is 137 Å². The van der Waals surface area contributed by atoms with E-state index in [1.807, 2.05) is 24.3 Å². The Morgan fingerprint density at radius 2 is 1.43 bits per heavy atom. The van der Waals surface area contributed by atoms with Gasteiger partial charge in [-0.2, -0.15) is 0 Å². The standard InChI is InChI=1S/C16H11Cl3O2/c1-2-11-3-7-13(8-4-11)21-14-9-5-12(6-10-14)15(20)16(17,18)19/h2-10H,1H2. The van der Waals surface area contributed by atoms with Gasteiger partial charge in [-0.05, 0) is 42.0 Å². The summed E-state index contributed by atoms with van der Waals surface area (Å²) in [6, 6.07) is 13.8. The van der Waals surface area contributed by atoms with Crippen molar-refractivity contribution < 1.29 is 9.53 Å². The van der Waals surface area contributed by atoms with Crippen LogP contribution in [0.1, 0.15) is 15.9 Å². The maximum absolute atomic E-state index is 11.8. The van der Waals surface area contributed by atoms with Gasteiger partial charge in [0, 0.05) is 5.56 Å². The number of alkyl halides is 3. The van der Waals surface area contributed by atoms with Crippen LogP contribution in [-0.4, -0.2) is 9.58 Å². The molecule has 0 radical (unpaired) electrons. The number of halogens is 3. The van der Waals surface area contributed by atoms with Crippen LogP contribution < -0.4 is 4.74 Å². The second-order valence-electron chi connectivity index (χ2n) is 4.23. The zero-order chi connectivity index (χ0) is 15.5. The number of benzene rings is 2. The minimum absolute atomic E-state index is 0.310. The SMILES string of the molecule is C=Cc1ccc(Oc2ccc(C(=O)C(Cl)(Cl)Cl)cc2)cc1. The average molecular weight is 342 g/mol. The summed E-state index contributed by atoms with van der Waals surface area (Å²) in [7, 11) is 0. The van der Waals surface area contributed by atoms with Crippen molar-refractivity contribution in [3.8, 4) is 11.5 Å². The summed E-state index contributed by atoms with van der Waals surface area (Å²) in [6.45, 7) is 3.69. The van der Waals surface area contributed by atoms with Crippen LogP contribution in [-0.2, 0) is 0 Å². The first kappa shape index (κ1) is 15.9. The first-order valence-electron chi connectivity index (χ1n) is 6.02. The summed E-state index contributed by atoms with van der Waals surface area (Å²) >= 11 is 16.7. The normalized spacial score (nSPS) is 11.0. The fourth-order valence-corrected chi connectivity index (χ4v) is 1.97. The highest BCUT2D eigenvalue weighted by atomic mass is 35.6. The molecule has 5 heteroatoms. The third-order valence-electron chi connectivity index (χ3n) is 2.73. The number of ether oxygens (including phenoxy) is 1. The molecule has 0 saturated heterocycles. The van der Waals surface area contributed by atoms with Gasteiger partial charge >= 0.3 is 0 Å². The van der Waals surface area contributed by atoms with Crippen LogP contribution in [0.3, 0.4) is 0 Å². The third-order valence-corrected chi connectivity index (χ3v) is 3.24. The molecule has 0 spiro atoms. The highest BCUT2D eigenvalue weighted by Crippen LogP contribution is 2.31. The monoisotopic (exact) mass is 340 g/mol. The van der Waals surface area contributed by atoms with Crippen molar-refractivity contribution in [3.63, 3.8) is 0 Å². The minimum Gasteiger partial charge on any atom is -0.457 e. The summed E-state index contributed by atoms with van der Waals surface area (Å²) in [6.07, 6.45) is 1.75. The molecular formula is C16H11Cl3O2. The second-order valence-corrected chi connectivity index (χ2v) is 6.51. The van der Waals surface area contributed by atoms with Crippen LogP contribution >= 0.6 is 34.8 Å². The molecule has 0 amide bonds. The lowest BCUT2D eigenvalue weighted by Crippen LogP contribution is -2.18. The largest absolute Gasteiger partial charge is 0.457 e. The number of carbonyl (C=O) groups is 1. The smallest absolute Gasteiger partial charge is 0.253 e. The first-order chi connectivity index (χ1) is 9.90. The van der Waals surface area contributed by atoms with Gasteiger partial charge in [0.1, 0.15) is 11.5 Å². The quantitative estimate of drug-likeness (QED) is 0.528. The molecule has 2 aromatic rings. The lowest BCUT2D eigenvalue weighted by Gasteiger charge is -2.10. The Morgan fingerprint density at radius 3 is 1.86 bits per heavy atom. The van der Waals surface area contributed by atoms with Crippen LogP contribution in [0.25, 0.3) is 6.08 Å². The van der Waals surface area contributed by atoms with Gasteiger partial charge in [0.15, 0.2) is 0 Å². The Balaban J connectivity index is 2.12. The summed E-state index contributed by atoms with van der Waals surface area (Å²) in [4.78, 5) is 11.8. The van der Waals surface area contributed by atoms with Crippen molar-refractivity contribution in [3.05, 3.63) is 66.2 Å². The van der Waals surface area contributed by atoms with E-state index in [9.17, 15) is 4.79 Å². The van der Waals surface area contributed by atoms with Gasteiger partial charge in [0.2, 0.25) is 5.78 Å². The zero-order valence-corrected chi connectivity index (χ0v) is 13.1. The van der Waals surface area contributed by atoms with Crippen LogP contribution in [0, 0.1) is 0 Å². The van der Waals surface area contributed by atoms with Crippen molar-refractivity contribution in [1.82, 2.24) is 0 Å². The molecular weight excluding hydrogens is 331 g/mol. The topological polar surface area (TPSA) is 26.3 Å². The molecule has 108 valence electrons. The van der Waals surface area contributed by atoms with Crippen molar-refractivity contribution >= 4 is 46.7 Å². The Kier molecular flexibility index (Phi) is 4.94. The Morgan fingerprint density at radius 1 is 0.952 bits per heavy atom. The van der Waals surface area contributed by atoms with Gasteiger partial charge in [-0.3, -0.25) is 4.79 Å². The number of Topliss-reactive ketones (excluding diaryl/α,β-unsaturated/α-hetero) is 1. The molecule has 2 aromatic carbocycles. The van der Waals surface area contributed by atoms with Crippen molar-refractivity contribution in [2.75, 3.05) is 0 Å². The summed E-state index contributed by atoms with van der Waals surface area (Å²) < 4.78 is 3.70. The average Bonchev–Trinajstić information content (AvgIpc) is 2.47. The molecule has 0 atom stereocenters. The van der Waals surface area contributed by atoms with Crippen molar-refractivity contribution in [2.24, 2.45) is 0 Å². The number of ketones is 1. The van der Waals surface area contributed by atoms with E-state index in [0.29, 0.717) is 17.1 Å². The van der Waals surface area contributed by atoms with Crippen molar-refractivity contribution in [2.45, 2.75) is 3.79 Å². The molecule has 0 aliphatic carbocycles. The molecule has 2 nitrogen and oxygen atoms in total. The minimum atomic E-state index is -1.96. The van der Waals surface area contributed by atoms with Crippen LogP contribution in [0.2, 0.25) is 0 Å². The number of rotatable bonds is 4. The van der Waals surface area contributed by atoms with E-state index < -0.39 is 9.58 Å². The van der Waals surface area contributed by atoms with Gasteiger partial charge in [0.25, 0.3) is 3.79 Å². The van der Waals surface area contributed by atoms with Crippen LogP contribution in [0.15, 0.2) is 55.1 Å². The second kappa shape index (κ2) is 6.52. The van der Waals surface area contributed by atoms with E-state index in [1.165, 1.54) is 0 Å². The predicted molar refractivity (Wildman–Crippen MR) is 87.7 cm³/mol. The molecule has 0 unspecified atom stereocenters. The summed E-state index contributed by atoms with van der Waals surface area (Å²) in [5.41, 5.74) is 1.32. The maximum Gasteiger partial charge on any atom is 0.253 e. The van der Waals surface area contributed by atoms with Gasteiger partial charge < -0.3 is 4.74 Å². The molecule has 0 fully saturated rings. The van der Waals surface area contributed by atoms with Gasteiger partial charge in [-0.25, -0.2) is 0 Å². The van der Waals surface area contributed by atoms with E-state index >= 15 is 0 Å². The molecule has 0 bridgehead atoms. The van der Waals surface area contributed by atoms with E-state index in [2.05, 4.69) is 6.58 Å². The molecule has 0 aromatic heterocycles. The maximum atomic E-state index is 11.8. The Bertz CT molecular complexity index is 641. The van der Waals surface area contributed by atoms with E-state index in [1.54, 1.807) is 30.3 Å². The van der Waals surface area contributed by atoms with E-state index in [0.717, 1.165) is 5.56 Å². The van der Waals surface area contributed by atoms with E-state index in [4.69, 9.17) is 39.5 Å². The van der Waals surface area contributed by atoms with Crippen molar-refractivity contribution in [1.29, 1.82) is 0 Å². The lowest BCUT2D eigenvalue weighted by atomic mass is 10.1. The molecule has 0 N–H and O–H groups in total. The molecule has 0 aliphatic rings. The fraction of sp³-hybridized carbons (Fsp3) is 0.0625. The molecule has 0 saturated carbocycles. The summed E-state index contributed by atoms with van der Waals surface area (Å²) in [5, 5.41) is 0. The van der Waals surface area contributed by atoms with Gasteiger partial charge in [-0.15, -0.1) is 0 Å². The fourth-order valence-electron chi connectivity index (χ4n) is 1.65. The molecule has 21 heavy (non-hydrogen) atoms. The highest BCUT2D eigenvalue weighted by molar-refractivity contribution is 6.77. The van der Waals surface area contributed by atoms with Crippen LogP contribution in [0.4, 0.5) is 0 Å². The number of hydrogen-bond acceptors (Lipinski definition) is 2. The zero-order valence-electron chi connectivity index (χ0n) is 10.9. The highest BCUT2D eigenvalue weighted by Gasteiger charge is 2.31. The summed E-state index contributed by atoms with van der Waals surface area (Å²) in [5.74, 6) is 0.692. The number of carbonyl (C=O) groups excluding carboxylic acids is 1. The molecule has 0 heterocycles. The Hall–Kier alpha value is -1.48. The lowest BCUT2D eigenvalue weighted by molar-refractivity contribution is 0.0996. The third kappa shape index (κ3) is 4.24. The van der Waals surface area contributed by atoms with E-state index in [-0.39, 0.29) is 0 Å². The number of hydrogen-bond donors (Lipinski definition) is 0. The van der Waals surface area contributed by atoms with Crippen LogP contribution in [0.5, 0.6) is 11.5 Å². The predicted octanol–water partition coefficient (Wildman–Crippen LogP) is 5.67. The molecule has 0 aliphatic heterocycles. The first-order valence-corrected chi connectivity index (χ1v) is 7.15. The molecule has 2 rings (SSSR count). The van der Waals surface area contributed by atoms with Gasteiger partial charge in [-0.1, -0.05) is 59.6 Å².